The second kappa shape index (κ2) is 8.82. The second-order valence-corrected chi connectivity index (χ2v) is 8.11. The highest BCUT2D eigenvalue weighted by atomic mass is 35.5. The summed E-state index contributed by atoms with van der Waals surface area (Å²) in [7, 11) is 0. The minimum absolute atomic E-state index is 0.0195. The summed E-state index contributed by atoms with van der Waals surface area (Å²) >= 11 is 24.0. The first-order chi connectivity index (χ1) is 9.74. The molecular formula is C16H23Cl4N. The highest BCUT2D eigenvalue weighted by molar-refractivity contribution is 6.95. The van der Waals surface area contributed by atoms with Crippen LogP contribution >= 0.6 is 46.4 Å². The fourth-order valence-electron chi connectivity index (χ4n) is 2.74. The lowest BCUT2D eigenvalue weighted by Gasteiger charge is -2.40. The molecule has 2 unspecified atom stereocenters. The van der Waals surface area contributed by atoms with E-state index in [4.69, 9.17) is 46.4 Å². The fourth-order valence-corrected chi connectivity index (χ4v) is 3.38. The van der Waals surface area contributed by atoms with E-state index >= 15 is 0 Å². The van der Waals surface area contributed by atoms with Crippen molar-refractivity contribution < 1.29 is 0 Å². The quantitative estimate of drug-likeness (QED) is 0.285. The van der Waals surface area contributed by atoms with Gasteiger partial charge in [0.25, 0.3) is 0 Å². The van der Waals surface area contributed by atoms with Crippen molar-refractivity contribution in [2.45, 2.75) is 58.3 Å². The first-order valence-corrected chi connectivity index (χ1v) is 8.81. The molecule has 0 N–H and O–H groups in total. The summed E-state index contributed by atoms with van der Waals surface area (Å²) in [5.74, 6) is 0. The molecule has 0 heterocycles. The average Bonchev–Trinajstić information content (AvgIpc) is 2.39. The van der Waals surface area contributed by atoms with Gasteiger partial charge in [0.1, 0.15) is 0 Å². The molecule has 1 nitrogen and oxygen atoms in total. The Balaban J connectivity index is 2.78. The summed E-state index contributed by atoms with van der Waals surface area (Å²) in [4.78, 5) is 3.97. The molecule has 0 aromatic carbocycles. The van der Waals surface area contributed by atoms with E-state index < -0.39 is 0 Å². The zero-order valence-electron chi connectivity index (χ0n) is 12.9. The van der Waals surface area contributed by atoms with Gasteiger partial charge < -0.3 is 0 Å². The van der Waals surface area contributed by atoms with Crippen molar-refractivity contribution in [3.05, 3.63) is 22.3 Å². The topological polar surface area (TPSA) is 12.4 Å². The Morgan fingerprint density at radius 2 is 2.00 bits per heavy atom. The zero-order valence-corrected chi connectivity index (χ0v) is 15.9. The van der Waals surface area contributed by atoms with Crippen LogP contribution in [0.15, 0.2) is 27.2 Å². The third-order valence-corrected chi connectivity index (χ3v) is 5.43. The maximum atomic E-state index is 6.58. The van der Waals surface area contributed by atoms with Crippen molar-refractivity contribution in [1.82, 2.24) is 0 Å². The van der Waals surface area contributed by atoms with E-state index in [0.29, 0.717) is 6.54 Å². The third kappa shape index (κ3) is 6.52. The minimum atomic E-state index is 0.0195. The molecule has 120 valence electrons. The maximum Gasteiger partial charge on any atom is 0.192 e. The van der Waals surface area contributed by atoms with Gasteiger partial charge in [-0.05, 0) is 74.6 Å². The van der Waals surface area contributed by atoms with E-state index in [2.05, 4.69) is 31.8 Å². The molecule has 0 aromatic rings. The lowest BCUT2D eigenvalue weighted by Crippen LogP contribution is -2.33. The van der Waals surface area contributed by atoms with Crippen molar-refractivity contribution in [3.63, 3.8) is 0 Å². The lowest BCUT2D eigenvalue weighted by molar-refractivity contribution is 0.244. The van der Waals surface area contributed by atoms with Crippen LogP contribution < -0.4 is 0 Å². The predicted octanol–water partition coefficient (Wildman–Crippen LogP) is 6.86. The van der Waals surface area contributed by atoms with Gasteiger partial charge in [-0.25, -0.2) is 0 Å². The first-order valence-electron chi connectivity index (χ1n) is 7.24. The van der Waals surface area contributed by atoms with E-state index in [-0.39, 0.29) is 15.4 Å². The summed E-state index contributed by atoms with van der Waals surface area (Å²) in [5, 5.41) is 0.946. The van der Waals surface area contributed by atoms with Crippen LogP contribution in [0.3, 0.4) is 0 Å². The number of nitrogens with zero attached hydrogens (tertiary/aromatic N) is 1. The normalized spacial score (nSPS) is 28.0. The number of allylic oxidation sites excluding steroid dienone is 3. The summed E-state index contributed by atoms with van der Waals surface area (Å²) < 4.78 is 0.0195. The zero-order chi connectivity index (χ0) is 16.0. The van der Waals surface area contributed by atoms with Crippen LogP contribution in [0.2, 0.25) is 0 Å². The molecule has 0 amide bonds. The van der Waals surface area contributed by atoms with Crippen LogP contribution in [0.5, 0.6) is 0 Å². The number of aliphatic imine (C=N–C) groups is 1. The van der Waals surface area contributed by atoms with E-state index in [1.54, 1.807) is 0 Å². The number of alkyl halides is 1. The fraction of sp³-hybridized carbons (Fsp3) is 0.688. The molecule has 0 aromatic heterocycles. The molecular weight excluding hydrogens is 348 g/mol. The molecule has 21 heavy (non-hydrogen) atoms. The molecule has 1 aliphatic carbocycles. The van der Waals surface area contributed by atoms with Gasteiger partial charge in [-0.3, -0.25) is 4.99 Å². The van der Waals surface area contributed by atoms with Crippen LogP contribution in [0.1, 0.15) is 52.9 Å². The molecule has 1 fully saturated rings. The number of hydrogen-bond acceptors (Lipinski definition) is 1. The Kier molecular flexibility index (Phi) is 8.13. The number of hydrogen-bond donors (Lipinski definition) is 0. The van der Waals surface area contributed by atoms with Crippen molar-refractivity contribution in [3.8, 4) is 0 Å². The standard InChI is InChI=1S/C16H23Cl4N/c1-11(2)5-4-8-16(3)9-12(6-7-14(16)18)13(17)10-21-15(19)20/h5,14H,4,6-10H2,1-3H3. The van der Waals surface area contributed by atoms with Crippen molar-refractivity contribution >= 4 is 51.0 Å². The van der Waals surface area contributed by atoms with Gasteiger partial charge in [0.05, 0.1) is 6.54 Å². The highest BCUT2D eigenvalue weighted by Gasteiger charge is 2.37. The van der Waals surface area contributed by atoms with E-state index in [9.17, 15) is 0 Å². The van der Waals surface area contributed by atoms with Crippen LogP contribution in [0, 0.1) is 5.41 Å². The Morgan fingerprint density at radius 1 is 1.33 bits per heavy atom. The summed E-state index contributed by atoms with van der Waals surface area (Å²) in [6.07, 6.45) is 7.20. The van der Waals surface area contributed by atoms with Gasteiger partial charge in [-0.1, -0.05) is 35.7 Å². The van der Waals surface area contributed by atoms with E-state index in [1.165, 1.54) is 11.1 Å². The second-order valence-electron chi connectivity index (χ2n) is 6.22. The van der Waals surface area contributed by atoms with Crippen molar-refractivity contribution in [2.24, 2.45) is 10.4 Å². The van der Waals surface area contributed by atoms with Gasteiger partial charge >= 0.3 is 0 Å². The van der Waals surface area contributed by atoms with Crippen LogP contribution in [-0.2, 0) is 0 Å². The Bertz CT molecular complexity index is 445. The number of rotatable bonds is 5. The SMILES string of the molecule is CC(C)=CCCC1(C)CC(=C(Cl)CN=C(Cl)Cl)CCC1Cl. The monoisotopic (exact) mass is 369 g/mol. The van der Waals surface area contributed by atoms with Crippen LogP contribution in [0.4, 0.5) is 0 Å². The highest BCUT2D eigenvalue weighted by Crippen LogP contribution is 2.46. The van der Waals surface area contributed by atoms with Crippen molar-refractivity contribution in [1.29, 1.82) is 0 Å². The lowest BCUT2D eigenvalue weighted by atomic mass is 9.70. The molecule has 0 aliphatic heterocycles. The molecule has 0 spiro atoms. The van der Waals surface area contributed by atoms with E-state index in [0.717, 1.165) is 37.1 Å². The third-order valence-electron chi connectivity index (χ3n) is 4.06. The minimum Gasteiger partial charge on any atom is -0.257 e. The van der Waals surface area contributed by atoms with Gasteiger partial charge in [-0.2, -0.15) is 0 Å². The summed E-state index contributed by atoms with van der Waals surface area (Å²) in [6.45, 7) is 6.86. The molecule has 1 saturated carbocycles. The Hall–Kier alpha value is 0.310. The van der Waals surface area contributed by atoms with E-state index in [1.807, 2.05) is 0 Å². The largest absolute Gasteiger partial charge is 0.257 e. The van der Waals surface area contributed by atoms with Gasteiger partial charge in [0.2, 0.25) is 0 Å². The molecule has 0 saturated heterocycles. The van der Waals surface area contributed by atoms with Gasteiger partial charge in [-0.15, -0.1) is 11.6 Å². The molecule has 0 bridgehead atoms. The molecule has 2 atom stereocenters. The molecule has 0 radical (unpaired) electrons. The van der Waals surface area contributed by atoms with Gasteiger partial charge in [0, 0.05) is 10.4 Å². The van der Waals surface area contributed by atoms with Crippen LogP contribution in [0.25, 0.3) is 0 Å². The van der Waals surface area contributed by atoms with Crippen LogP contribution in [-0.4, -0.2) is 16.6 Å². The Morgan fingerprint density at radius 3 is 2.57 bits per heavy atom. The predicted molar refractivity (Wildman–Crippen MR) is 97.2 cm³/mol. The first kappa shape index (κ1) is 19.4. The molecule has 5 heteroatoms. The molecule has 1 aliphatic rings. The molecule has 1 rings (SSSR count). The van der Waals surface area contributed by atoms with Gasteiger partial charge in [0.15, 0.2) is 4.63 Å². The summed E-state index contributed by atoms with van der Waals surface area (Å²) in [6, 6.07) is 0. The number of halogens is 4. The smallest absolute Gasteiger partial charge is 0.192 e. The Labute approximate surface area is 148 Å². The van der Waals surface area contributed by atoms with Crippen molar-refractivity contribution in [2.75, 3.05) is 6.54 Å². The summed E-state index contributed by atoms with van der Waals surface area (Å²) in [5.41, 5.74) is 2.67. The average molecular weight is 371 g/mol. The maximum absolute atomic E-state index is 6.58.